The number of hydrogen-bond acceptors (Lipinski definition) is 2. The minimum absolute atomic E-state index is 0.268. The molecule has 0 saturated heterocycles. The second-order valence-electron chi connectivity index (χ2n) is 4.43. The summed E-state index contributed by atoms with van der Waals surface area (Å²) in [4.78, 5) is 12.2. The van der Waals surface area contributed by atoms with Crippen LogP contribution in [0.5, 0.6) is 5.75 Å². The van der Waals surface area contributed by atoms with Gasteiger partial charge < -0.3 is 10.1 Å². The highest BCUT2D eigenvalue weighted by Crippen LogP contribution is 2.23. The van der Waals surface area contributed by atoms with Crippen LogP contribution >= 0.6 is 23.2 Å². The van der Waals surface area contributed by atoms with Crippen molar-refractivity contribution >= 4 is 29.1 Å². The lowest BCUT2D eigenvalue weighted by atomic mass is 10.1. The van der Waals surface area contributed by atoms with Gasteiger partial charge in [0.05, 0.1) is 18.1 Å². The van der Waals surface area contributed by atoms with Crippen molar-refractivity contribution in [2.45, 2.75) is 5.38 Å². The Hall–Kier alpha value is -1.71. The number of halogens is 2. The number of nitrogens with one attached hydrogen (secondary N) is 1. The first-order chi connectivity index (χ1) is 10.1. The third-order valence-corrected chi connectivity index (χ3v) is 3.65. The Morgan fingerprint density at radius 1 is 1.24 bits per heavy atom. The van der Waals surface area contributed by atoms with E-state index in [1.165, 1.54) is 7.11 Å². The summed E-state index contributed by atoms with van der Waals surface area (Å²) >= 11 is 12.2. The van der Waals surface area contributed by atoms with Crippen LogP contribution in [0.3, 0.4) is 0 Å². The van der Waals surface area contributed by atoms with E-state index in [9.17, 15) is 4.79 Å². The summed E-state index contributed by atoms with van der Waals surface area (Å²) in [5, 5.41) is 2.98. The van der Waals surface area contributed by atoms with Gasteiger partial charge in [-0.1, -0.05) is 41.9 Å². The third-order valence-electron chi connectivity index (χ3n) is 3.01. The highest BCUT2D eigenvalue weighted by Gasteiger charge is 2.15. The van der Waals surface area contributed by atoms with E-state index < -0.39 is 0 Å². The molecule has 1 unspecified atom stereocenters. The quantitative estimate of drug-likeness (QED) is 0.843. The van der Waals surface area contributed by atoms with Crippen LogP contribution in [0.1, 0.15) is 21.3 Å². The van der Waals surface area contributed by atoms with Crippen LogP contribution in [0, 0.1) is 0 Å². The van der Waals surface area contributed by atoms with E-state index in [-0.39, 0.29) is 11.3 Å². The van der Waals surface area contributed by atoms with Gasteiger partial charge in [0.2, 0.25) is 0 Å². The zero-order valence-electron chi connectivity index (χ0n) is 11.5. The molecule has 0 heterocycles. The average molecular weight is 324 g/mol. The lowest BCUT2D eigenvalue weighted by Gasteiger charge is -2.13. The van der Waals surface area contributed by atoms with E-state index in [1.54, 1.807) is 18.2 Å². The number of rotatable bonds is 5. The van der Waals surface area contributed by atoms with Gasteiger partial charge in [-0.05, 0) is 23.8 Å². The molecule has 0 aliphatic carbocycles. The van der Waals surface area contributed by atoms with Crippen LogP contribution in [-0.2, 0) is 0 Å². The number of methoxy groups -OCH3 is 1. The van der Waals surface area contributed by atoms with Crippen molar-refractivity contribution < 1.29 is 9.53 Å². The van der Waals surface area contributed by atoms with Crippen molar-refractivity contribution in [1.82, 2.24) is 5.32 Å². The molecule has 2 rings (SSSR count). The molecule has 1 atom stereocenters. The Labute approximate surface area is 133 Å². The normalized spacial score (nSPS) is 11.8. The molecule has 0 saturated carbocycles. The molecule has 110 valence electrons. The number of benzene rings is 2. The number of ether oxygens (including phenoxy) is 1. The molecule has 0 aliphatic rings. The van der Waals surface area contributed by atoms with Gasteiger partial charge in [-0.2, -0.15) is 0 Å². The van der Waals surface area contributed by atoms with Gasteiger partial charge in [0.15, 0.2) is 0 Å². The molecule has 21 heavy (non-hydrogen) atoms. The van der Waals surface area contributed by atoms with Crippen molar-refractivity contribution in [3.05, 3.63) is 64.7 Å². The molecule has 1 amide bonds. The monoisotopic (exact) mass is 323 g/mol. The van der Waals surface area contributed by atoms with Crippen molar-refractivity contribution in [2.24, 2.45) is 0 Å². The average Bonchev–Trinajstić information content (AvgIpc) is 2.53. The molecule has 1 N–H and O–H groups in total. The van der Waals surface area contributed by atoms with E-state index in [2.05, 4.69) is 5.32 Å². The van der Waals surface area contributed by atoms with Gasteiger partial charge in [0, 0.05) is 11.6 Å². The molecule has 0 radical (unpaired) electrons. The van der Waals surface area contributed by atoms with E-state index in [1.807, 2.05) is 30.3 Å². The van der Waals surface area contributed by atoms with E-state index in [0.29, 0.717) is 22.9 Å². The lowest BCUT2D eigenvalue weighted by Crippen LogP contribution is -2.27. The number of hydrogen-bond donors (Lipinski definition) is 1. The maximum absolute atomic E-state index is 12.2. The Morgan fingerprint density at radius 2 is 1.95 bits per heavy atom. The largest absolute Gasteiger partial charge is 0.496 e. The molecule has 0 bridgehead atoms. The molecular formula is C16H15Cl2NO2. The van der Waals surface area contributed by atoms with E-state index in [0.717, 1.165) is 5.56 Å². The zero-order valence-corrected chi connectivity index (χ0v) is 13.0. The summed E-state index contributed by atoms with van der Waals surface area (Å²) < 4.78 is 5.16. The second-order valence-corrected chi connectivity index (χ2v) is 5.40. The third kappa shape index (κ3) is 4.13. The summed E-state index contributed by atoms with van der Waals surface area (Å²) in [7, 11) is 1.51. The van der Waals surface area contributed by atoms with Crippen LogP contribution in [-0.4, -0.2) is 19.6 Å². The Bertz CT molecular complexity index is 617. The molecule has 0 aromatic heterocycles. The first kappa shape index (κ1) is 15.7. The van der Waals surface area contributed by atoms with Gasteiger partial charge in [-0.25, -0.2) is 0 Å². The van der Waals surface area contributed by atoms with Crippen LogP contribution in [0.25, 0.3) is 0 Å². The lowest BCUT2D eigenvalue weighted by molar-refractivity contribution is 0.0950. The highest BCUT2D eigenvalue weighted by molar-refractivity contribution is 6.31. The van der Waals surface area contributed by atoms with Crippen LogP contribution in [0.15, 0.2) is 48.5 Å². The fourth-order valence-corrected chi connectivity index (χ4v) is 2.31. The molecule has 2 aromatic carbocycles. The molecule has 5 heteroatoms. The summed E-state index contributed by atoms with van der Waals surface area (Å²) in [6.45, 7) is 0.320. The maximum atomic E-state index is 12.2. The van der Waals surface area contributed by atoms with Gasteiger partial charge in [0.1, 0.15) is 5.75 Å². The fraction of sp³-hybridized carbons (Fsp3) is 0.188. The van der Waals surface area contributed by atoms with Crippen molar-refractivity contribution in [3.63, 3.8) is 0 Å². The van der Waals surface area contributed by atoms with Crippen molar-refractivity contribution in [3.8, 4) is 5.75 Å². The minimum Gasteiger partial charge on any atom is -0.496 e. The SMILES string of the molecule is COc1ccc(Cl)cc1C(=O)NCC(Cl)c1ccccc1. The summed E-state index contributed by atoms with van der Waals surface area (Å²) in [6.07, 6.45) is 0. The van der Waals surface area contributed by atoms with Crippen LogP contribution < -0.4 is 10.1 Å². The molecule has 3 nitrogen and oxygen atoms in total. The number of alkyl halides is 1. The van der Waals surface area contributed by atoms with Gasteiger partial charge in [-0.3, -0.25) is 4.79 Å². The molecule has 2 aromatic rings. The standard InChI is InChI=1S/C16H15Cl2NO2/c1-21-15-8-7-12(17)9-13(15)16(20)19-10-14(18)11-5-3-2-4-6-11/h2-9,14H,10H2,1H3,(H,19,20). The summed E-state index contributed by atoms with van der Waals surface area (Å²) in [5.41, 5.74) is 1.35. The Kier molecular flexibility index (Phi) is 5.48. The number of amides is 1. The predicted octanol–water partition coefficient (Wildman–Crippen LogP) is 4.06. The van der Waals surface area contributed by atoms with Gasteiger partial charge >= 0.3 is 0 Å². The summed E-state index contributed by atoms with van der Waals surface area (Å²) in [5.74, 6) is 0.207. The smallest absolute Gasteiger partial charge is 0.255 e. The fourth-order valence-electron chi connectivity index (χ4n) is 1.91. The number of carbonyl (C=O) groups excluding carboxylic acids is 1. The van der Waals surface area contributed by atoms with E-state index in [4.69, 9.17) is 27.9 Å². The molecular weight excluding hydrogens is 309 g/mol. The maximum Gasteiger partial charge on any atom is 0.255 e. The molecule has 0 spiro atoms. The van der Waals surface area contributed by atoms with E-state index >= 15 is 0 Å². The van der Waals surface area contributed by atoms with Gasteiger partial charge in [0.25, 0.3) is 5.91 Å². The zero-order chi connectivity index (χ0) is 15.2. The first-order valence-electron chi connectivity index (χ1n) is 6.42. The topological polar surface area (TPSA) is 38.3 Å². The van der Waals surface area contributed by atoms with Crippen molar-refractivity contribution in [1.29, 1.82) is 0 Å². The second kappa shape index (κ2) is 7.34. The molecule has 0 aliphatic heterocycles. The Morgan fingerprint density at radius 3 is 2.62 bits per heavy atom. The highest BCUT2D eigenvalue weighted by atomic mass is 35.5. The van der Waals surface area contributed by atoms with Crippen LogP contribution in [0.2, 0.25) is 5.02 Å². The predicted molar refractivity (Wildman–Crippen MR) is 85.4 cm³/mol. The first-order valence-corrected chi connectivity index (χ1v) is 7.24. The minimum atomic E-state index is -0.291. The van der Waals surface area contributed by atoms with Gasteiger partial charge in [-0.15, -0.1) is 11.6 Å². The van der Waals surface area contributed by atoms with Crippen molar-refractivity contribution in [2.75, 3.05) is 13.7 Å². The molecule has 0 fully saturated rings. The Balaban J connectivity index is 2.04. The number of carbonyl (C=O) groups is 1. The van der Waals surface area contributed by atoms with Crippen LogP contribution in [0.4, 0.5) is 0 Å². The summed E-state index contributed by atoms with van der Waals surface area (Å²) in [6, 6.07) is 14.5.